The number of amides is 2. The van der Waals surface area contributed by atoms with Gasteiger partial charge in [-0.05, 0) is 18.2 Å². The average molecular weight is 278 g/mol. The number of carboxylic acids is 1. The van der Waals surface area contributed by atoms with Gasteiger partial charge in [0, 0.05) is 6.54 Å². The molecule has 1 heterocycles. The predicted octanol–water partition coefficient (Wildman–Crippen LogP) is -0.278. The first-order valence-corrected chi connectivity index (χ1v) is 6.06. The van der Waals surface area contributed by atoms with Gasteiger partial charge in [-0.1, -0.05) is 6.07 Å². The number of aromatic carboxylic acids is 1. The third-order valence-electron chi connectivity index (χ3n) is 2.77. The fourth-order valence-electron chi connectivity index (χ4n) is 1.87. The second-order valence-electron chi connectivity index (χ2n) is 4.36. The van der Waals surface area contributed by atoms with E-state index in [-0.39, 0.29) is 37.1 Å². The summed E-state index contributed by atoms with van der Waals surface area (Å²) in [6.07, 6.45) is 0. The first-order valence-electron chi connectivity index (χ1n) is 6.06. The number of nitrogens with one attached hydrogen (secondary N) is 1. The molecule has 0 bridgehead atoms. The molecule has 2 rings (SSSR count). The number of carbonyl (C=O) groups excluding carboxylic acids is 2. The Hall–Kier alpha value is -2.41. The van der Waals surface area contributed by atoms with Gasteiger partial charge in [-0.15, -0.1) is 0 Å². The van der Waals surface area contributed by atoms with E-state index >= 15 is 0 Å². The molecule has 0 unspecified atom stereocenters. The summed E-state index contributed by atoms with van der Waals surface area (Å²) in [5.74, 6) is -1.23. The Bertz CT molecular complexity index is 527. The lowest BCUT2D eigenvalue weighted by Gasteiger charge is -2.24. The first-order chi connectivity index (χ1) is 9.54. The number of carbonyl (C=O) groups is 3. The van der Waals surface area contributed by atoms with Gasteiger partial charge >= 0.3 is 5.97 Å². The van der Waals surface area contributed by atoms with E-state index in [1.807, 2.05) is 0 Å². The van der Waals surface area contributed by atoms with Crippen molar-refractivity contribution in [2.45, 2.75) is 0 Å². The van der Waals surface area contributed by atoms with Crippen LogP contribution in [0.15, 0.2) is 24.3 Å². The Balaban J connectivity index is 1.83. The van der Waals surface area contributed by atoms with Crippen molar-refractivity contribution in [3.05, 3.63) is 29.8 Å². The highest BCUT2D eigenvalue weighted by Gasteiger charge is 2.21. The van der Waals surface area contributed by atoms with Crippen molar-refractivity contribution in [1.29, 1.82) is 0 Å². The second kappa shape index (κ2) is 6.16. The lowest BCUT2D eigenvalue weighted by molar-refractivity contribution is -0.136. The van der Waals surface area contributed by atoms with E-state index in [1.54, 1.807) is 17.0 Å². The van der Waals surface area contributed by atoms with Gasteiger partial charge in [-0.25, -0.2) is 4.79 Å². The summed E-state index contributed by atoms with van der Waals surface area (Å²) in [5.41, 5.74) is 0.148. The van der Waals surface area contributed by atoms with Crippen molar-refractivity contribution in [2.75, 3.05) is 26.2 Å². The van der Waals surface area contributed by atoms with Gasteiger partial charge in [0.05, 0.1) is 18.7 Å². The Kier molecular flexibility index (Phi) is 4.31. The number of rotatable bonds is 5. The second-order valence-corrected chi connectivity index (χ2v) is 4.36. The lowest BCUT2D eigenvalue weighted by Crippen LogP contribution is -2.52. The van der Waals surface area contributed by atoms with Crippen LogP contribution in [0.3, 0.4) is 0 Å². The van der Waals surface area contributed by atoms with Crippen LogP contribution < -0.4 is 10.1 Å². The van der Waals surface area contributed by atoms with Crippen LogP contribution in [-0.2, 0) is 9.59 Å². The quantitative estimate of drug-likeness (QED) is 0.719. The zero-order valence-corrected chi connectivity index (χ0v) is 10.7. The molecule has 1 fully saturated rings. The zero-order chi connectivity index (χ0) is 14.5. The molecule has 2 amide bonds. The minimum Gasteiger partial charge on any atom is -0.492 e. The normalized spacial score (nSPS) is 15.8. The SMILES string of the molecule is O=C1CN(CCOc2cccc(C(=O)O)c2)CC(=O)N1. The molecule has 0 aliphatic carbocycles. The predicted molar refractivity (Wildman–Crippen MR) is 68.5 cm³/mol. The molecule has 0 spiro atoms. The highest BCUT2D eigenvalue weighted by Crippen LogP contribution is 2.13. The minimum atomic E-state index is -1.02. The highest BCUT2D eigenvalue weighted by molar-refractivity contribution is 5.99. The number of imide groups is 1. The summed E-state index contributed by atoms with van der Waals surface area (Å²) < 4.78 is 5.42. The Morgan fingerprint density at radius 3 is 2.65 bits per heavy atom. The molecular weight excluding hydrogens is 264 g/mol. The molecule has 7 heteroatoms. The van der Waals surface area contributed by atoms with Crippen LogP contribution in [0.4, 0.5) is 0 Å². The number of nitrogens with zero attached hydrogens (tertiary/aromatic N) is 1. The number of piperazine rings is 1. The van der Waals surface area contributed by atoms with E-state index in [0.29, 0.717) is 12.3 Å². The van der Waals surface area contributed by atoms with Crippen LogP contribution >= 0.6 is 0 Å². The van der Waals surface area contributed by atoms with E-state index in [0.717, 1.165) is 0 Å². The Morgan fingerprint density at radius 1 is 1.30 bits per heavy atom. The fourth-order valence-corrected chi connectivity index (χ4v) is 1.87. The molecule has 106 valence electrons. The summed E-state index contributed by atoms with van der Waals surface area (Å²) in [4.78, 5) is 34.8. The van der Waals surface area contributed by atoms with E-state index in [1.165, 1.54) is 12.1 Å². The van der Waals surface area contributed by atoms with Crippen LogP contribution in [0.2, 0.25) is 0 Å². The first kappa shape index (κ1) is 14.0. The van der Waals surface area contributed by atoms with Gasteiger partial charge in [0.15, 0.2) is 0 Å². The fraction of sp³-hybridized carbons (Fsp3) is 0.308. The average Bonchev–Trinajstić information content (AvgIpc) is 2.38. The summed E-state index contributed by atoms with van der Waals surface area (Å²) in [6.45, 7) is 0.995. The van der Waals surface area contributed by atoms with E-state index in [9.17, 15) is 14.4 Å². The van der Waals surface area contributed by atoms with Gasteiger partial charge in [0.25, 0.3) is 0 Å². The van der Waals surface area contributed by atoms with Crippen molar-refractivity contribution in [1.82, 2.24) is 10.2 Å². The third kappa shape index (κ3) is 3.79. The van der Waals surface area contributed by atoms with E-state index in [4.69, 9.17) is 9.84 Å². The molecular formula is C13H14N2O5. The van der Waals surface area contributed by atoms with Crippen molar-refractivity contribution < 1.29 is 24.2 Å². The maximum absolute atomic E-state index is 11.2. The summed E-state index contributed by atoms with van der Waals surface area (Å²) in [5, 5.41) is 11.1. The molecule has 20 heavy (non-hydrogen) atoms. The summed E-state index contributed by atoms with van der Waals surface area (Å²) in [6, 6.07) is 6.15. The number of ether oxygens (including phenoxy) is 1. The van der Waals surface area contributed by atoms with E-state index in [2.05, 4.69) is 5.32 Å². The molecule has 1 aromatic rings. The molecule has 1 aromatic carbocycles. The molecule has 2 N–H and O–H groups in total. The maximum atomic E-state index is 11.2. The molecule has 0 atom stereocenters. The van der Waals surface area contributed by atoms with Crippen molar-refractivity contribution in [3.63, 3.8) is 0 Å². The zero-order valence-electron chi connectivity index (χ0n) is 10.7. The number of benzene rings is 1. The lowest BCUT2D eigenvalue weighted by atomic mass is 10.2. The van der Waals surface area contributed by atoms with E-state index < -0.39 is 5.97 Å². The Labute approximate surface area is 115 Å². The number of hydrogen-bond acceptors (Lipinski definition) is 5. The van der Waals surface area contributed by atoms with Crippen LogP contribution in [0.5, 0.6) is 5.75 Å². The summed E-state index contributed by atoms with van der Waals surface area (Å²) >= 11 is 0. The van der Waals surface area contributed by atoms with Gasteiger partial charge in [-0.2, -0.15) is 0 Å². The van der Waals surface area contributed by atoms with Crippen LogP contribution in [0, 0.1) is 0 Å². The van der Waals surface area contributed by atoms with Crippen molar-refractivity contribution >= 4 is 17.8 Å². The standard InChI is InChI=1S/C13H14N2O5/c16-11-7-15(8-12(17)14-11)4-5-20-10-3-1-2-9(6-10)13(18)19/h1-3,6H,4-5,7-8H2,(H,18,19)(H,14,16,17). The van der Waals surface area contributed by atoms with Gasteiger partial charge in [0.1, 0.15) is 12.4 Å². The number of hydrogen-bond donors (Lipinski definition) is 2. The topological polar surface area (TPSA) is 95.9 Å². The molecule has 0 radical (unpaired) electrons. The monoisotopic (exact) mass is 278 g/mol. The molecule has 0 aromatic heterocycles. The van der Waals surface area contributed by atoms with Gasteiger partial charge < -0.3 is 9.84 Å². The van der Waals surface area contributed by atoms with Crippen LogP contribution in [0.1, 0.15) is 10.4 Å². The van der Waals surface area contributed by atoms with Crippen LogP contribution in [0.25, 0.3) is 0 Å². The molecule has 0 saturated carbocycles. The molecule has 1 aliphatic rings. The summed E-state index contributed by atoms with van der Waals surface area (Å²) in [7, 11) is 0. The smallest absolute Gasteiger partial charge is 0.335 e. The number of carboxylic acid groups (broad SMARTS) is 1. The van der Waals surface area contributed by atoms with Gasteiger partial charge in [0.2, 0.25) is 11.8 Å². The minimum absolute atomic E-state index is 0.148. The maximum Gasteiger partial charge on any atom is 0.335 e. The highest BCUT2D eigenvalue weighted by atomic mass is 16.5. The molecule has 7 nitrogen and oxygen atoms in total. The molecule has 1 saturated heterocycles. The van der Waals surface area contributed by atoms with Crippen LogP contribution in [-0.4, -0.2) is 54.0 Å². The largest absolute Gasteiger partial charge is 0.492 e. The van der Waals surface area contributed by atoms with Crippen molar-refractivity contribution in [3.8, 4) is 5.75 Å². The van der Waals surface area contributed by atoms with Crippen molar-refractivity contribution in [2.24, 2.45) is 0 Å². The third-order valence-corrected chi connectivity index (χ3v) is 2.77. The Morgan fingerprint density at radius 2 is 2.00 bits per heavy atom. The van der Waals surface area contributed by atoms with Gasteiger partial charge in [-0.3, -0.25) is 19.8 Å². The molecule has 1 aliphatic heterocycles.